The van der Waals surface area contributed by atoms with Crippen molar-refractivity contribution in [2.24, 2.45) is 0 Å². The molecule has 2 aromatic heterocycles. The predicted octanol–water partition coefficient (Wildman–Crippen LogP) is 2.30. The predicted molar refractivity (Wildman–Crippen MR) is 72.4 cm³/mol. The van der Waals surface area contributed by atoms with Crippen LogP contribution in [-0.4, -0.2) is 19.7 Å². The lowest BCUT2D eigenvalue weighted by Gasteiger charge is -2.14. The summed E-state index contributed by atoms with van der Waals surface area (Å²) in [5.41, 5.74) is 0. The molecule has 0 aliphatic rings. The Bertz CT molecular complexity index is 477. The van der Waals surface area contributed by atoms with E-state index in [0.29, 0.717) is 6.04 Å². The largest absolute Gasteiger partial charge is 0.314 e. The summed E-state index contributed by atoms with van der Waals surface area (Å²) < 4.78 is 2.13. The van der Waals surface area contributed by atoms with Crippen LogP contribution in [0.15, 0.2) is 11.6 Å². The molecule has 0 spiro atoms. The van der Waals surface area contributed by atoms with Gasteiger partial charge in [-0.15, -0.1) is 21.5 Å². The standard InChI is InChI=1S/C12H19N5S/c1-4-10(12-13-6-7-18-12)14-8-11-16-15-9(3)17(11)5-2/h6-7,10,14H,4-5,8H2,1-3H3. The summed E-state index contributed by atoms with van der Waals surface area (Å²) in [6.07, 6.45) is 2.87. The Morgan fingerprint density at radius 2 is 2.22 bits per heavy atom. The molecule has 5 nitrogen and oxygen atoms in total. The topological polar surface area (TPSA) is 55.6 Å². The molecule has 0 aliphatic heterocycles. The molecule has 2 aromatic rings. The van der Waals surface area contributed by atoms with Crippen molar-refractivity contribution >= 4 is 11.3 Å². The van der Waals surface area contributed by atoms with Crippen LogP contribution in [0.2, 0.25) is 0 Å². The Balaban J connectivity index is 2.02. The molecular weight excluding hydrogens is 246 g/mol. The highest BCUT2D eigenvalue weighted by molar-refractivity contribution is 7.09. The van der Waals surface area contributed by atoms with Gasteiger partial charge in [0, 0.05) is 18.1 Å². The fourth-order valence-corrected chi connectivity index (χ4v) is 2.79. The van der Waals surface area contributed by atoms with Gasteiger partial charge < -0.3 is 9.88 Å². The minimum atomic E-state index is 0.298. The molecular formula is C12H19N5S. The van der Waals surface area contributed by atoms with Crippen molar-refractivity contribution in [2.45, 2.75) is 46.3 Å². The van der Waals surface area contributed by atoms with Crippen LogP contribution in [0.3, 0.4) is 0 Å². The van der Waals surface area contributed by atoms with Gasteiger partial charge in [0.25, 0.3) is 0 Å². The molecule has 0 amide bonds. The van der Waals surface area contributed by atoms with Gasteiger partial charge in [-0.25, -0.2) is 4.98 Å². The first-order valence-electron chi connectivity index (χ1n) is 6.27. The van der Waals surface area contributed by atoms with Crippen molar-refractivity contribution < 1.29 is 0 Å². The third kappa shape index (κ3) is 2.76. The molecule has 0 bridgehead atoms. The lowest BCUT2D eigenvalue weighted by atomic mass is 10.2. The van der Waals surface area contributed by atoms with Crippen LogP contribution >= 0.6 is 11.3 Å². The highest BCUT2D eigenvalue weighted by Crippen LogP contribution is 2.19. The van der Waals surface area contributed by atoms with E-state index >= 15 is 0 Å². The van der Waals surface area contributed by atoms with E-state index in [4.69, 9.17) is 0 Å². The van der Waals surface area contributed by atoms with E-state index < -0.39 is 0 Å². The summed E-state index contributed by atoms with van der Waals surface area (Å²) in [6, 6.07) is 0.298. The van der Waals surface area contributed by atoms with Gasteiger partial charge in [-0.1, -0.05) is 6.92 Å². The SMILES string of the molecule is CCC(NCc1nnc(C)n1CC)c1nccs1. The summed E-state index contributed by atoms with van der Waals surface area (Å²) in [5, 5.41) is 15.0. The van der Waals surface area contributed by atoms with Crippen molar-refractivity contribution in [2.75, 3.05) is 0 Å². The molecule has 0 saturated carbocycles. The number of thiazole rings is 1. The number of rotatable bonds is 6. The smallest absolute Gasteiger partial charge is 0.147 e. The van der Waals surface area contributed by atoms with E-state index in [2.05, 4.69) is 38.9 Å². The fourth-order valence-electron chi connectivity index (χ4n) is 1.99. The molecule has 0 aliphatic carbocycles. The number of hydrogen-bond donors (Lipinski definition) is 1. The van der Waals surface area contributed by atoms with Gasteiger partial charge in [0.15, 0.2) is 0 Å². The third-order valence-corrected chi connectivity index (χ3v) is 3.88. The zero-order chi connectivity index (χ0) is 13.0. The summed E-state index contributed by atoms with van der Waals surface area (Å²) in [7, 11) is 0. The normalized spacial score (nSPS) is 12.8. The highest BCUT2D eigenvalue weighted by atomic mass is 32.1. The van der Waals surface area contributed by atoms with Gasteiger partial charge in [-0.2, -0.15) is 0 Å². The molecule has 2 rings (SSSR count). The summed E-state index contributed by atoms with van der Waals surface area (Å²) in [5.74, 6) is 1.96. The van der Waals surface area contributed by atoms with Crippen LogP contribution in [0.5, 0.6) is 0 Å². The molecule has 1 atom stereocenters. The Hall–Kier alpha value is -1.27. The Labute approximate surface area is 111 Å². The molecule has 0 aromatic carbocycles. The summed E-state index contributed by atoms with van der Waals surface area (Å²) >= 11 is 1.69. The van der Waals surface area contributed by atoms with E-state index in [1.54, 1.807) is 11.3 Å². The number of nitrogens with zero attached hydrogens (tertiary/aromatic N) is 4. The Kier molecular flexibility index (Phi) is 4.43. The summed E-state index contributed by atoms with van der Waals surface area (Å²) in [6.45, 7) is 7.89. The van der Waals surface area contributed by atoms with Crippen LogP contribution < -0.4 is 5.32 Å². The molecule has 1 N–H and O–H groups in total. The maximum absolute atomic E-state index is 4.36. The number of nitrogens with one attached hydrogen (secondary N) is 1. The van der Waals surface area contributed by atoms with Gasteiger partial charge in [-0.05, 0) is 20.3 Å². The summed E-state index contributed by atoms with van der Waals surface area (Å²) in [4.78, 5) is 4.36. The first-order valence-corrected chi connectivity index (χ1v) is 7.15. The van der Waals surface area contributed by atoms with E-state index in [1.807, 2.05) is 18.5 Å². The van der Waals surface area contributed by atoms with E-state index in [9.17, 15) is 0 Å². The number of hydrogen-bond acceptors (Lipinski definition) is 5. The second-order valence-corrected chi connectivity index (χ2v) is 5.05. The van der Waals surface area contributed by atoms with E-state index in [-0.39, 0.29) is 0 Å². The van der Waals surface area contributed by atoms with Gasteiger partial charge in [-0.3, -0.25) is 0 Å². The Morgan fingerprint density at radius 3 is 2.83 bits per heavy atom. The van der Waals surface area contributed by atoms with Crippen molar-refractivity contribution in [1.29, 1.82) is 0 Å². The second-order valence-electron chi connectivity index (χ2n) is 4.12. The molecule has 0 saturated heterocycles. The lowest BCUT2D eigenvalue weighted by Crippen LogP contribution is -2.22. The molecule has 98 valence electrons. The van der Waals surface area contributed by atoms with Crippen molar-refractivity contribution in [3.63, 3.8) is 0 Å². The molecule has 2 heterocycles. The average Bonchev–Trinajstić information content (AvgIpc) is 3.00. The number of aromatic nitrogens is 4. The zero-order valence-electron chi connectivity index (χ0n) is 11.1. The maximum Gasteiger partial charge on any atom is 0.147 e. The minimum absolute atomic E-state index is 0.298. The first-order chi connectivity index (χ1) is 8.76. The van der Waals surface area contributed by atoms with Gasteiger partial charge in [0.1, 0.15) is 16.7 Å². The number of aryl methyl sites for hydroxylation is 1. The molecule has 0 fully saturated rings. The van der Waals surface area contributed by atoms with Gasteiger partial charge in [0.05, 0.1) is 12.6 Å². The van der Waals surface area contributed by atoms with Crippen molar-refractivity contribution in [1.82, 2.24) is 25.1 Å². The average molecular weight is 265 g/mol. The van der Waals surface area contributed by atoms with Crippen molar-refractivity contribution in [3.8, 4) is 0 Å². The van der Waals surface area contributed by atoms with E-state index in [1.165, 1.54) is 0 Å². The van der Waals surface area contributed by atoms with E-state index in [0.717, 1.165) is 36.2 Å². The molecule has 0 radical (unpaired) electrons. The maximum atomic E-state index is 4.36. The van der Waals surface area contributed by atoms with Gasteiger partial charge in [0.2, 0.25) is 0 Å². The fraction of sp³-hybridized carbons (Fsp3) is 0.583. The third-order valence-electron chi connectivity index (χ3n) is 2.99. The van der Waals surface area contributed by atoms with Crippen LogP contribution in [0.1, 0.15) is 43.0 Å². The van der Waals surface area contributed by atoms with Crippen LogP contribution in [0.4, 0.5) is 0 Å². The Morgan fingerprint density at radius 1 is 1.39 bits per heavy atom. The molecule has 6 heteroatoms. The van der Waals surface area contributed by atoms with Gasteiger partial charge >= 0.3 is 0 Å². The lowest BCUT2D eigenvalue weighted by molar-refractivity contribution is 0.494. The van der Waals surface area contributed by atoms with Crippen LogP contribution in [0.25, 0.3) is 0 Å². The second kappa shape index (κ2) is 6.06. The van der Waals surface area contributed by atoms with Crippen LogP contribution in [0, 0.1) is 6.92 Å². The zero-order valence-corrected chi connectivity index (χ0v) is 11.9. The highest BCUT2D eigenvalue weighted by Gasteiger charge is 2.13. The quantitative estimate of drug-likeness (QED) is 0.870. The molecule has 18 heavy (non-hydrogen) atoms. The van der Waals surface area contributed by atoms with Crippen LogP contribution in [-0.2, 0) is 13.1 Å². The van der Waals surface area contributed by atoms with Crippen molar-refractivity contribution in [3.05, 3.63) is 28.2 Å². The minimum Gasteiger partial charge on any atom is -0.314 e. The monoisotopic (exact) mass is 265 g/mol. The molecule has 1 unspecified atom stereocenters. The first kappa shape index (κ1) is 13.2.